The molecule has 1 aliphatic rings. The summed E-state index contributed by atoms with van der Waals surface area (Å²) in [7, 11) is 0. The first-order chi connectivity index (χ1) is 8.84. The Morgan fingerprint density at radius 3 is 2.72 bits per heavy atom. The Hall–Kier alpha value is -2.29. The van der Waals surface area contributed by atoms with Gasteiger partial charge in [-0.1, -0.05) is 30.3 Å². The van der Waals surface area contributed by atoms with E-state index in [2.05, 4.69) is 22.1 Å². The summed E-state index contributed by atoms with van der Waals surface area (Å²) in [5.74, 6) is 0.0508. The van der Waals surface area contributed by atoms with Crippen molar-refractivity contribution in [2.45, 2.75) is 6.42 Å². The van der Waals surface area contributed by atoms with E-state index in [9.17, 15) is 4.79 Å². The van der Waals surface area contributed by atoms with E-state index in [1.165, 1.54) is 5.56 Å². The summed E-state index contributed by atoms with van der Waals surface area (Å²) < 4.78 is 0. The quantitative estimate of drug-likeness (QED) is 0.803. The average molecular weight is 236 g/mol. The molecule has 1 aromatic heterocycles. The van der Waals surface area contributed by atoms with Crippen LogP contribution in [0.15, 0.2) is 53.8 Å². The highest BCUT2D eigenvalue weighted by Crippen LogP contribution is 2.17. The van der Waals surface area contributed by atoms with Gasteiger partial charge in [-0.25, -0.2) is 0 Å². The minimum Gasteiger partial charge on any atom is -0.292 e. The van der Waals surface area contributed by atoms with Crippen LogP contribution in [0.4, 0.5) is 0 Å². The van der Waals surface area contributed by atoms with Crippen LogP contribution in [0.1, 0.15) is 21.5 Å². The van der Waals surface area contributed by atoms with E-state index in [0.717, 1.165) is 17.7 Å². The van der Waals surface area contributed by atoms with Crippen LogP contribution in [0.5, 0.6) is 0 Å². The molecule has 0 aliphatic carbocycles. The second kappa shape index (κ2) is 4.53. The Morgan fingerprint density at radius 1 is 1.06 bits per heavy atom. The molecular formula is C15H12N2O. The lowest BCUT2D eigenvalue weighted by atomic mass is 9.95. The van der Waals surface area contributed by atoms with E-state index < -0.39 is 0 Å². The highest BCUT2D eigenvalue weighted by Gasteiger charge is 2.20. The van der Waals surface area contributed by atoms with Gasteiger partial charge in [-0.3, -0.25) is 14.8 Å². The van der Waals surface area contributed by atoms with Crippen molar-refractivity contribution >= 4 is 11.5 Å². The van der Waals surface area contributed by atoms with Crippen LogP contribution in [0.25, 0.3) is 0 Å². The summed E-state index contributed by atoms with van der Waals surface area (Å²) in [5, 5.41) is 0. The molecule has 0 fully saturated rings. The van der Waals surface area contributed by atoms with Gasteiger partial charge in [0.05, 0.1) is 0 Å². The Bertz CT molecular complexity index is 617. The first kappa shape index (κ1) is 10.8. The molecule has 3 nitrogen and oxygen atoms in total. The van der Waals surface area contributed by atoms with Crippen LogP contribution in [0, 0.1) is 0 Å². The zero-order chi connectivity index (χ0) is 12.4. The highest BCUT2D eigenvalue weighted by molar-refractivity contribution is 6.15. The third-order valence-electron chi connectivity index (χ3n) is 3.06. The number of rotatable bonds is 2. The number of carbonyl (C=O) groups excluding carboxylic acids is 1. The number of Topliss-reactive ketones (excluding diaryl/α,β-unsaturated/α-hetero) is 1. The molecule has 0 saturated carbocycles. The van der Waals surface area contributed by atoms with Gasteiger partial charge in [-0.15, -0.1) is 0 Å². The smallest absolute Gasteiger partial charge is 0.186 e. The van der Waals surface area contributed by atoms with Gasteiger partial charge >= 0.3 is 0 Å². The molecule has 18 heavy (non-hydrogen) atoms. The second-order valence-electron chi connectivity index (χ2n) is 4.27. The van der Waals surface area contributed by atoms with E-state index in [4.69, 9.17) is 0 Å². The fourth-order valence-electron chi connectivity index (χ4n) is 2.15. The van der Waals surface area contributed by atoms with Crippen molar-refractivity contribution in [1.29, 1.82) is 0 Å². The zero-order valence-electron chi connectivity index (χ0n) is 9.84. The first-order valence-electron chi connectivity index (χ1n) is 5.89. The first-order valence-corrected chi connectivity index (χ1v) is 5.89. The fraction of sp³-hybridized carbons (Fsp3) is 0.133. The van der Waals surface area contributed by atoms with Crippen molar-refractivity contribution in [2.24, 2.45) is 4.99 Å². The van der Waals surface area contributed by atoms with Gasteiger partial charge < -0.3 is 0 Å². The standard InChI is InChI=1S/C15H12N2O/c18-15-10-17-14(8-11-4-2-1-3-5-11)12-6-7-16-9-13(12)15/h1-7,9H,8,10H2. The Morgan fingerprint density at radius 2 is 1.89 bits per heavy atom. The topological polar surface area (TPSA) is 42.3 Å². The van der Waals surface area contributed by atoms with Crippen molar-refractivity contribution in [3.63, 3.8) is 0 Å². The van der Waals surface area contributed by atoms with Crippen molar-refractivity contribution in [3.8, 4) is 0 Å². The lowest BCUT2D eigenvalue weighted by Gasteiger charge is -2.15. The van der Waals surface area contributed by atoms with Gasteiger partial charge in [-0.05, 0) is 11.6 Å². The van der Waals surface area contributed by atoms with E-state index in [0.29, 0.717) is 5.56 Å². The molecule has 2 heterocycles. The number of aliphatic imine (C=N–C) groups is 1. The predicted molar refractivity (Wildman–Crippen MR) is 70.1 cm³/mol. The number of hydrogen-bond acceptors (Lipinski definition) is 3. The van der Waals surface area contributed by atoms with Crippen LogP contribution in [-0.4, -0.2) is 23.0 Å². The normalized spacial score (nSPS) is 14.0. The molecule has 0 amide bonds. The van der Waals surface area contributed by atoms with Crippen LogP contribution in [0.2, 0.25) is 0 Å². The molecular weight excluding hydrogens is 224 g/mol. The molecule has 0 bridgehead atoms. The van der Waals surface area contributed by atoms with Crippen LogP contribution >= 0.6 is 0 Å². The summed E-state index contributed by atoms with van der Waals surface area (Å²) >= 11 is 0. The zero-order valence-corrected chi connectivity index (χ0v) is 9.84. The van der Waals surface area contributed by atoms with Crippen molar-refractivity contribution in [3.05, 3.63) is 65.5 Å². The molecule has 3 rings (SSSR count). The van der Waals surface area contributed by atoms with Crippen molar-refractivity contribution < 1.29 is 4.79 Å². The minimum atomic E-state index is 0.0508. The van der Waals surface area contributed by atoms with Gasteiger partial charge in [0.1, 0.15) is 6.54 Å². The van der Waals surface area contributed by atoms with Crippen LogP contribution in [-0.2, 0) is 6.42 Å². The minimum absolute atomic E-state index is 0.0508. The highest BCUT2D eigenvalue weighted by atomic mass is 16.1. The SMILES string of the molecule is O=C1CN=C(Cc2ccccc2)c2ccncc21. The number of pyridine rings is 1. The van der Waals surface area contributed by atoms with E-state index >= 15 is 0 Å². The largest absolute Gasteiger partial charge is 0.292 e. The van der Waals surface area contributed by atoms with Gasteiger partial charge in [0.25, 0.3) is 0 Å². The van der Waals surface area contributed by atoms with Gasteiger partial charge in [0, 0.05) is 35.7 Å². The summed E-state index contributed by atoms with van der Waals surface area (Å²) in [6.45, 7) is 0.237. The molecule has 0 N–H and O–H groups in total. The number of aromatic nitrogens is 1. The number of fused-ring (bicyclic) bond motifs is 1. The lowest BCUT2D eigenvalue weighted by molar-refractivity contribution is 0.0999. The lowest BCUT2D eigenvalue weighted by Crippen LogP contribution is -2.20. The monoisotopic (exact) mass is 236 g/mol. The fourth-order valence-corrected chi connectivity index (χ4v) is 2.15. The molecule has 0 unspecified atom stereocenters. The molecule has 0 spiro atoms. The van der Waals surface area contributed by atoms with Gasteiger partial charge in [0.2, 0.25) is 0 Å². The van der Waals surface area contributed by atoms with E-state index in [-0.39, 0.29) is 12.3 Å². The number of nitrogens with zero attached hydrogens (tertiary/aromatic N) is 2. The van der Waals surface area contributed by atoms with Crippen LogP contribution in [0.3, 0.4) is 0 Å². The Kier molecular flexibility index (Phi) is 2.73. The molecule has 1 aliphatic heterocycles. The van der Waals surface area contributed by atoms with Gasteiger partial charge in [0.15, 0.2) is 5.78 Å². The maximum atomic E-state index is 11.7. The Labute approximate surface area is 105 Å². The molecule has 0 atom stereocenters. The maximum absolute atomic E-state index is 11.7. The molecule has 0 saturated heterocycles. The Balaban J connectivity index is 1.97. The number of carbonyl (C=O) groups is 1. The van der Waals surface area contributed by atoms with Crippen molar-refractivity contribution in [2.75, 3.05) is 6.54 Å². The molecule has 3 heteroatoms. The van der Waals surface area contributed by atoms with Gasteiger partial charge in [-0.2, -0.15) is 0 Å². The number of benzene rings is 1. The average Bonchev–Trinajstić information content (AvgIpc) is 2.44. The third kappa shape index (κ3) is 1.95. The van der Waals surface area contributed by atoms with E-state index in [1.807, 2.05) is 24.3 Å². The van der Waals surface area contributed by atoms with Crippen LogP contribution < -0.4 is 0 Å². The summed E-state index contributed by atoms with van der Waals surface area (Å²) in [6.07, 6.45) is 4.10. The van der Waals surface area contributed by atoms with Crippen molar-refractivity contribution in [1.82, 2.24) is 4.98 Å². The summed E-state index contributed by atoms with van der Waals surface area (Å²) in [6, 6.07) is 12.0. The predicted octanol–water partition coefficient (Wildman–Crippen LogP) is 2.31. The summed E-state index contributed by atoms with van der Waals surface area (Å²) in [5.41, 5.74) is 3.79. The molecule has 2 aromatic rings. The summed E-state index contributed by atoms with van der Waals surface area (Å²) in [4.78, 5) is 20.1. The molecule has 1 aromatic carbocycles. The molecule has 88 valence electrons. The van der Waals surface area contributed by atoms with E-state index in [1.54, 1.807) is 12.4 Å². The second-order valence-corrected chi connectivity index (χ2v) is 4.27. The number of hydrogen-bond donors (Lipinski definition) is 0. The molecule has 0 radical (unpaired) electrons. The third-order valence-corrected chi connectivity index (χ3v) is 3.06. The maximum Gasteiger partial charge on any atom is 0.186 e. The number of ketones is 1.